The zero-order valence-electron chi connectivity index (χ0n) is 9.31. The molecule has 0 amide bonds. The van der Waals surface area contributed by atoms with Gasteiger partial charge in [0.05, 0.1) is 15.7 Å². The van der Waals surface area contributed by atoms with Crippen molar-refractivity contribution in [2.45, 2.75) is 12.5 Å². The zero-order valence-corrected chi connectivity index (χ0v) is 11.6. The Kier molecular flexibility index (Phi) is 3.98. The van der Waals surface area contributed by atoms with Gasteiger partial charge in [-0.25, -0.2) is 0 Å². The van der Waals surface area contributed by atoms with Gasteiger partial charge in [0.25, 0.3) is 0 Å². The molecule has 17 heavy (non-hydrogen) atoms. The molecule has 2 aromatic rings. The summed E-state index contributed by atoms with van der Waals surface area (Å²) in [7, 11) is 3.60. The van der Waals surface area contributed by atoms with Crippen molar-refractivity contribution in [1.82, 2.24) is 25.5 Å². The molecule has 0 fully saturated rings. The molecule has 0 spiro atoms. The number of nitrogens with zero attached hydrogens (tertiary/aromatic N) is 4. The molecule has 2 rings (SSSR count). The Labute approximate surface area is 113 Å². The minimum absolute atomic E-state index is 0.0375. The Hall–Kier alpha value is -0.690. The second-order valence-electron chi connectivity index (χ2n) is 3.52. The molecule has 0 radical (unpaired) electrons. The second kappa shape index (κ2) is 5.30. The molecule has 92 valence electrons. The lowest BCUT2D eigenvalue weighted by Gasteiger charge is -2.13. The molecule has 0 aromatic carbocycles. The summed E-state index contributed by atoms with van der Waals surface area (Å²) in [5.41, 5.74) is 0.969. The van der Waals surface area contributed by atoms with Crippen LogP contribution in [0.1, 0.15) is 17.4 Å². The van der Waals surface area contributed by atoms with Gasteiger partial charge in [0, 0.05) is 18.0 Å². The first-order valence-electron chi connectivity index (χ1n) is 4.95. The van der Waals surface area contributed by atoms with Crippen LogP contribution >= 0.6 is 34.5 Å². The van der Waals surface area contributed by atoms with Crippen molar-refractivity contribution >= 4 is 34.5 Å². The van der Waals surface area contributed by atoms with Crippen molar-refractivity contribution in [3.63, 3.8) is 0 Å². The quantitative estimate of drug-likeness (QED) is 0.937. The van der Waals surface area contributed by atoms with Gasteiger partial charge in [-0.05, 0) is 18.3 Å². The van der Waals surface area contributed by atoms with Crippen LogP contribution in [0.2, 0.25) is 8.67 Å². The summed E-state index contributed by atoms with van der Waals surface area (Å²) in [6.45, 7) is 0. The van der Waals surface area contributed by atoms with E-state index in [4.69, 9.17) is 23.2 Å². The first kappa shape index (κ1) is 12.8. The highest BCUT2D eigenvalue weighted by Gasteiger charge is 2.18. The Morgan fingerprint density at radius 2 is 2.29 bits per heavy atom. The van der Waals surface area contributed by atoms with Crippen molar-refractivity contribution in [1.29, 1.82) is 0 Å². The van der Waals surface area contributed by atoms with Crippen LogP contribution in [0.4, 0.5) is 0 Å². The predicted octanol–water partition coefficient (Wildman–Crippen LogP) is 2.08. The maximum absolute atomic E-state index is 6.12. The lowest BCUT2D eigenvalue weighted by Crippen LogP contribution is -2.19. The van der Waals surface area contributed by atoms with E-state index in [2.05, 4.69) is 20.7 Å². The number of nitrogens with one attached hydrogen (secondary N) is 1. The van der Waals surface area contributed by atoms with Crippen LogP contribution in [-0.2, 0) is 13.5 Å². The van der Waals surface area contributed by atoms with Crippen LogP contribution in [-0.4, -0.2) is 27.3 Å². The van der Waals surface area contributed by atoms with Crippen molar-refractivity contribution in [3.8, 4) is 0 Å². The van der Waals surface area contributed by atoms with Crippen LogP contribution in [0, 0.1) is 0 Å². The highest BCUT2D eigenvalue weighted by atomic mass is 35.5. The van der Waals surface area contributed by atoms with Gasteiger partial charge in [-0.1, -0.05) is 23.2 Å². The predicted molar refractivity (Wildman–Crippen MR) is 68.6 cm³/mol. The Bertz CT molecular complexity index is 509. The molecule has 0 bridgehead atoms. The molecular formula is C9H11Cl2N5S. The smallest absolute Gasteiger partial charge is 0.176 e. The Morgan fingerprint density at radius 3 is 2.76 bits per heavy atom. The summed E-state index contributed by atoms with van der Waals surface area (Å²) in [5.74, 6) is 0.672. The number of aryl methyl sites for hydroxylation is 1. The number of hydrogen-bond acceptors (Lipinski definition) is 5. The minimum atomic E-state index is 0.0375. The molecule has 0 aliphatic heterocycles. The first-order valence-corrected chi connectivity index (χ1v) is 6.52. The minimum Gasteiger partial charge on any atom is -0.313 e. The lowest BCUT2D eigenvalue weighted by atomic mass is 10.1. The number of rotatable bonds is 4. The summed E-state index contributed by atoms with van der Waals surface area (Å²) in [5, 5.41) is 15.1. The van der Waals surface area contributed by atoms with E-state index in [-0.39, 0.29) is 6.04 Å². The number of halogens is 2. The summed E-state index contributed by atoms with van der Waals surface area (Å²) in [4.78, 5) is 1.43. The highest BCUT2D eigenvalue weighted by molar-refractivity contribution is 7.20. The van der Waals surface area contributed by atoms with Crippen molar-refractivity contribution in [2.24, 2.45) is 7.05 Å². The number of tetrazole rings is 1. The van der Waals surface area contributed by atoms with E-state index in [1.165, 1.54) is 16.1 Å². The molecule has 8 heteroatoms. The van der Waals surface area contributed by atoms with Gasteiger partial charge in [0.2, 0.25) is 0 Å². The molecule has 0 aliphatic rings. The van der Waals surface area contributed by atoms with Crippen LogP contribution in [0.25, 0.3) is 0 Å². The summed E-state index contributed by atoms with van der Waals surface area (Å²) in [6.07, 6.45) is 0.622. The third-order valence-electron chi connectivity index (χ3n) is 2.34. The number of thiophene rings is 1. The second-order valence-corrected chi connectivity index (χ2v) is 5.81. The molecule has 5 nitrogen and oxygen atoms in total. The van der Waals surface area contributed by atoms with Crippen molar-refractivity contribution in [3.05, 3.63) is 26.1 Å². The largest absolute Gasteiger partial charge is 0.313 e. The van der Waals surface area contributed by atoms with Gasteiger partial charge >= 0.3 is 0 Å². The molecule has 1 N–H and O–H groups in total. The summed E-state index contributed by atoms with van der Waals surface area (Å²) >= 11 is 13.4. The van der Waals surface area contributed by atoms with Crippen LogP contribution in [0.5, 0.6) is 0 Å². The van der Waals surface area contributed by atoms with E-state index in [0.717, 1.165) is 5.56 Å². The molecule has 0 saturated heterocycles. The van der Waals surface area contributed by atoms with Crippen molar-refractivity contribution < 1.29 is 0 Å². The molecule has 2 aromatic heterocycles. The first-order chi connectivity index (χ1) is 8.10. The van der Waals surface area contributed by atoms with Gasteiger partial charge in [-0.3, -0.25) is 0 Å². The number of hydrogen-bond donors (Lipinski definition) is 1. The van der Waals surface area contributed by atoms with E-state index < -0.39 is 0 Å². The fraction of sp³-hybridized carbons (Fsp3) is 0.444. The number of aromatic nitrogens is 4. The van der Waals surface area contributed by atoms with E-state index in [0.29, 0.717) is 20.9 Å². The third kappa shape index (κ3) is 2.95. The van der Waals surface area contributed by atoms with Crippen LogP contribution in [0.3, 0.4) is 0 Å². The monoisotopic (exact) mass is 291 g/mol. The average Bonchev–Trinajstić information content (AvgIpc) is 2.82. The zero-order chi connectivity index (χ0) is 12.4. The lowest BCUT2D eigenvalue weighted by molar-refractivity contribution is 0.572. The van der Waals surface area contributed by atoms with E-state index >= 15 is 0 Å². The van der Waals surface area contributed by atoms with Gasteiger partial charge in [0.15, 0.2) is 5.82 Å². The topological polar surface area (TPSA) is 55.6 Å². The summed E-state index contributed by atoms with van der Waals surface area (Å²) in [6, 6.07) is 1.90. The van der Waals surface area contributed by atoms with E-state index in [1.54, 1.807) is 7.05 Å². The fourth-order valence-electron chi connectivity index (χ4n) is 1.55. The number of likely N-dealkylation sites (N-methyl/N-ethyl adjacent to an activating group) is 1. The van der Waals surface area contributed by atoms with E-state index in [1.807, 2.05) is 13.1 Å². The maximum Gasteiger partial charge on any atom is 0.176 e. The molecule has 1 atom stereocenters. The molecule has 0 aliphatic carbocycles. The third-order valence-corrected chi connectivity index (χ3v) is 3.86. The standard InChI is InChI=1S/C9H11Cl2N5S/c1-12-6(4-8-13-15-16(2)14-8)5-3-7(10)17-9(5)11/h3,6,12H,4H2,1-2H3. The van der Waals surface area contributed by atoms with Gasteiger partial charge in [-0.15, -0.1) is 21.5 Å². The molecular weight excluding hydrogens is 281 g/mol. The molecule has 2 heterocycles. The van der Waals surface area contributed by atoms with Crippen LogP contribution < -0.4 is 5.32 Å². The Morgan fingerprint density at radius 1 is 1.53 bits per heavy atom. The van der Waals surface area contributed by atoms with E-state index in [9.17, 15) is 0 Å². The average molecular weight is 292 g/mol. The highest BCUT2D eigenvalue weighted by Crippen LogP contribution is 2.35. The summed E-state index contributed by atoms with van der Waals surface area (Å²) < 4.78 is 1.37. The van der Waals surface area contributed by atoms with Gasteiger partial charge < -0.3 is 5.32 Å². The van der Waals surface area contributed by atoms with Crippen LogP contribution in [0.15, 0.2) is 6.07 Å². The molecule has 1 unspecified atom stereocenters. The SMILES string of the molecule is CNC(Cc1nnn(C)n1)c1cc(Cl)sc1Cl. The van der Waals surface area contributed by atoms with Crippen molar-refractivity contribution in [2.75, 3.05) is 7.05 Å². The Balaban J connectivity index is 2.19. The fourth-order valence-corrected chi connectivity index (χ4v) is 3.12. The normalized spacial score (nSPS) is 12.9. The molecule has 0 saturated carbocycles. The van der Waals surface area contributed by atoms with Gasteiger partial charge in [-0.2, -0.15) is 4.80 Å². The van der Waals surface area contributed by atoms with Gasteiger partial charge in [0.1, 0.15) is 0 Å². The maximum atomic E-state index is 6.12.